The van der Waals surface area contributed by atoms with E-state index in [1.165, 1.54) is 11.1 Å². The highest BCUT2D eigenvalue weighted by atomic mass is 15.1. The lowest BCUT2D eigenvalue weighted by Crippen LogP contribution is -2.31. The minimum Gasteiger partial charge on any atom is -0.368 e. The van der Waals surface area contributed by atoms with E-state index in [2.05, 4.69) is 44.1 Å². The molecule has 5 nitrogen and oxygen atoms in total. The fraction of sp³-hybridized carbons (Fsp3) is 0.211. The lowest BCUT2D eigenvalue weighted by atomic mass is 10.1. The Hall–Kier alpha value is -2.79. The van der Waals surface area contributed by atoms with Gasteiger partial charge in [0.25, 0.3) is 0 Å². The van der Waals surface area contributed by atoms with Gasteiger partial charge in [0.05, 0.1) is 11.4 Å². The molecule has 2 N–H and O–H groups in total. The summed E-state index contributed by atoms with van der Waals surface area (Å²) in [5.74, 6) is 0.364. The van der Waals surface area contributed by atoms with Crippen LogP contribution in [0.15, 0.2) is 54.9 Å². The molecule has 3 aromatic rings. The summed E-state index contributed by atoms with van der Waals surface area (Å²) in [5, 5.41) is 0. The molecule has 0 radical (unpaired) electrons. The van der Waals surface area contributed by atoms with Gasteiger partial charge in [-0.25, -0.2) is 9.97 Å². The van der Waals surface area contributed by atoms with Crippen LogP contribution in [-0.4, -0.2) is 26.4 Å². The van der Waals surface area contributed by atoms with Crippen molar-refractivity contribution in [2.45, 2.75) is 19.5 Å². The quantitative estimate of drug-likeness (QED) is 0.804. The summed E-state index contributed by atoms with van der Waals surface area (Å²) < 4.78 is 0. The topological polar surface area (TPSA) is 67.9 Å². The minimum absolute atomic E-state index is 0.364. The largest absolute Gasteiger partial charge is 0.368 e. The number of hydrogen-bond donors (Lipinski definition) is 1. The molecule has 0 amide bonds. The molecule has 1 aliphatic heterocycles. The Morgan fingerprint density at radius 1 is 1.00 bits per heavy atom. The van der Waals surface area contributed by atoms with Crippen LogP contribution >= 0.6 is 0 Å². The van der Waals surface area contributed by atoms with Gasteiger partial charge in [-0.05, 0) is 11.6 Å². The molecule has 5 heteroatoms. The molecule has 0 aliphatic carbocycles. The molecule has 4 rings (SSSR count). The van der Waals surface area contributed by atoms with Crippen molar-refractivity contribution in [3.05, 3.63) is 71.7 Å². The Balaban J connectivity index is 1.45. The molecule has 0 saturated carbocycles. The predicted octanol–water partition coefficient (Wildman–Crippen LogP) is 2.68. The normalized spacial score (nSPS) is 14.3. The van der Waals surface area contributed by atoms with Crippen LogP contribution in [0.4, 0.5) is 5.95 Å². The third-order valence-corrected chi connectivity index (χ3v) is 4.33. The van der Waals surface area contributed by atoms with E-state index in [1.54, 1.807) is 0 Å². The van der Waals surface area contributed by atoms with E-state index in [1.807, 2.05) is 30.6 Å². The molecule has 0 fully saturated rings. The van der Waals surface area contributed by atoms with Crippen LogP contribution < -0.4 is 5.73 Å². The standard InChI is InChI=1S/C19H19N5/c20-19-22-11-16-13-24(9-8-18(16)23-19)12-14-6-7-17(21-10-14)15-4-2-1-3-5-15/h1-7,10-11H,8-9,12-13H2,(H2,20,22,23). The third-order valence-electron chi connectivity index (χ3n) is 4.33. The molecule has 0 saturated heterocycles. The molecule has 0 atom stereocenters. The van der Waals surface area contributed by atoms with Crippen molar-refractivity contribution in [1.29, 1.82) is 0 Å². The maximum Gasteiger partial charge on any atom is 0.220 e. The van der Waals surface area contributed by atoms with E-state index >= 15 is 0 Å². The summed E-state index contributed by atoms with van der Waals surface area (Å²) in [5.41, 5.74) is 11.3. The summed E-state index contributed by atoms with van der Waals surface area (Å²) in [7, 11) is 0. The van der Waals surface area contributed by atoms with Crippen molar-refractivity contribution in [1.82, 2.24) is 19.9 Å². The number of aromatic nitrogens is 3. The van der Waals surface area contributed by atoms with E-state index in [0.29, 0.717) is 5.95 Å². The van der Waals surface area contributed by atoms with Crippen LogP contribution in [0.1, 0.15) is 16.8 Å². The second-order valence-electron chi connectivity index (χ2n) is 6.08. The van der Waals surface area contributed by atoms with Gasteiger partial charge in [0, 0.05) is 49.6 Å². The van der Waals surface area contributed by atoms with Crippen LogP contribution in [0.5, 0.6) is 0 Å². The first-order valence-corrected chi connectivity index (χ1v) is 8.11. The minimum atomic E-state index is 0.364. The third kappa shape index (κ3) is 3.12. The fourth-order valence-electron chi connectivity index (χ4n) is 3.08. The van der Waals surface area contributed by atoms with Gasteiger partial charge in [0.1, 0.15) is 0 Å². The van der Waals surface area contributed by atoms with Crippen LogP contribution in [0.2, 0.25) is 0 Å². The number of nitrogens with two attached hydrogens (primary N) is 1. The molecule has 24 heavy (non-hydrogen) atoms. The number of nitrogens with zero attached hydrogens (tertiary/aromatic N) is 4. The number of benzene rings is 1. The lowest BCUT2D eigenvalue weighted by Gasteiger charge is -2.27. The van der Waals surface area contributed by atoms with Crippen LogP contribution in [0.25, 0.3) is 11.3 Å². The Bertz CT molecular complexity index is 830. The van der Waals surface area contributed by atoms with Gasteiger partial charge >= 0.3 is 0 Å². The summed E-state index contributed by atoms with van der Waals surface area (Å²) in [4.78, 5) is 15.4. The number of pyridine rings is 1. The molecule has 120 valence electrons. The van der Waals surface area contributed by atoms with Crippen molar-refractivity contribution < 1.29 is 0 Å². The average Bonchev–Trinajstić information content (AvgIpc) is 2.63. The SMILES string of the molecule is Nc1ncc2c(n1)CCN(Cc1ccc(-c3ccccc3)nc1)C2. The van der Waals surface area contributed by atoms with Gasteiger partial charge in [-0.3, -0.25) is 9.88 Å². The van der Waals surface area contributed by atoms with Crippen LogP contribution in [-0.2, 0) is 19.5 Å². The van der Waals surface area contributed by atoms with E-state index in [0.717, 1.165) is 43.0 Å². The second-order valence-corrected chi connectivity index (χ2v) is 6.08. The smallest absolute Gasteiger partial charge is 0.220 e. The molecule has 0 bridgehead atoms. The predicted molar refractivity (Wildman–Crippen MR) is 93.9 cm³/mol. The number of nitrogen functional groups attached to an aromatic ring is 1. The van der Waals surface area contributed by atoms with Crippen molar-refractivity contribution in [3.8, 4) is 11.3 Å². The second kappa shape index (κ2) is 6.37. The molecular weight excluding hydrogens is 298 g/mol. The monoisotopic (exact) mass is 317 g/mol. The molecule has 1 aliphatic rings. The summed E-state index contributed by atoms with van der Waals surface area (Å²) >= 11 is 0. The molecule has 1 aromatic carbocycles. The molecular formula is C19H19N5. The Labute approximate surface area is 141 Å². The zero-order chi connectivity index (χ0) is 16.4. The fourth-order valence-corrected chi connectivity index (χ4v) is 3.08. The van der Waals surface area contributed by atoms with Gasteiger partial charge in [0.2, 0.25) is 5.95 Å². The summed E-state index contributed by atoms with van der Waals surface area (Å²) in [6.07, 6.45) is 4.73. The van der Waals surface area contributed by atoms with Gasteiger partial charge in [-0.2, -0.15) is 0 Å². The zero-order valence-electron chi connectivity index (χ0n) is 13.4. The van der Waals surface area contributed by atoms with Gasteiger partial charge in [-0.1, -0.05) is 36.4 Å². The summed E-state index contributed by atoms with van der Waals surface area (Å²) in [6, 6.07) is 14.5. The lowest BCUT2D eigenvalue weighted by molar-refractivity contribution is 0.243. The number of fused-ring (bicyclic) bond motifs is 1. The highest BCUT2D eigenvalue weighted by molar-refractivity contribution is 5.58. The highest BCUT2D eigenvalue weighted by Crippen LogP contribution is 2.20. The van der Waals surface area contributed by atoms with Crippen molar-refractivity contribution in [2.75, 3.05) is 12.3 Å². The van der Waals surface area contributed by atoms with E-state index in [-0.39, 0.29) is 0 Å². The van der Waals surface area contributed by atoms with Gasteiger partial charge < -0.3 is 5.73 Å². The van der Waals surface area contributed by atoms with Crippen molar-refractivity contribution in [2.24, 2.45) is 0 Å². The van der Waals surface area contributed by atoms with E-state index in [4.69, 9.17) is 5.73 Å². The average molecular weight is 317 g/mol. The van der Waals surface area contributed by atoms with Crippen LogP contribution in [0, 0.1) is 0 Å². The molecule has 3 heterocycles. The molecule has 0 unspecified atom stereocenters. The number of hydrogen-bond acceptors (Lipinski definition) is 5. The first kappa shape index (κ1) is 14.8. The first-order valence-electron chi connectivity index (χ1n) is 8.11. The Morgan fingerprint density at radius 3 is 2.67 bits per heavy atom. The maximum absolute atomic E-state index is 5.66. The highest BCUT2D eigenvalue weighted by Gasteiger charge is 2.18. The van der Waals surface area contributed by atoms with Crippen molar-refractivity contribution in [3.63, 3.8) is 0 Å². The summed E-state index contributed by atoms with van der Waals surface area (Å²) in [6.45, 7) is 2.71. The zero-order valence-corrected chi connectivity index (χ0v) is 13.4. The Morgan fingerprint density at radius 2 is 1.88 bits per heavy atom. The van der Waals surface area contributed by atoms with Gasteiger partial charge in [-0.15, -0.1) is 0 Å². The number of rotatable bonds is 3. The van der Waals surface area contributed by atoms with Crippen LogP contribution in [0.3, 0.4) is 0 Å². The molecule has 0 spiro atoms. The number of anilines is 1. The van der Waals surface area contributed by atoms with Gasteiger partial charge in [0.15, 0.2) is 0 Å². The first-order chi connectivity index (χ1) is 11.8. The van der Waals surface area contributed by atoms with E-state index < -0.39 is 0 Å². The molecule has 2 aromatic heterocycles. The maximum atomic E-state index is 5.66. The van der Waals surface area contributed by atoms with Crippen molar-refractivity contribution >= 4 is 5.95 Å². The van der Waals surface area contributed by atoms with E-state index in [9.17, 15) is 0 Å². The Kier molecular flexibility index (Phi) is 3.92.